The number of hydrogen-bond acceptors (Lipinski definition) is 4. The maximum absolute atomic E-state index is 11.4. The summed E-state index contributed by atoms with van der Waals surface area (Å²) >= 11 is 0. The van der Waals surface area contributed by atoms with Crippen LogP contribution in [0.5, 0.6) is 0 Å². The first-order valence-electron chi connectivity index (χ1n) is 6.89. The minimum Gasteiger partial charge on any atom is -0.387 e. The quantitative estimate of drug-likeness (QED) is 0.810. The molecule has 0 saturated carbocycles. The largest absolute Gasteiger partial charge is 0.387 e. The van der Waals surface area contributed by atoms with E-state index in [0.29, 0.717) is 6.54 Å². The van der Waals surface area contributed by atoms with Crippen LogP contribution in [0.3, 0.4) is 0 Å². The lowest BCUT2D eigenvalue weighted by Crippen LogP contribution is -2.41. The van der Waals surface area contributed by atoms with Gasteiger partial charge in [0, 0.05) is 18.3 Å². The summed E-state index contributed by atoms with van der Waals surface area (Å²) in [4.78, 5) is 0.271. The van der Waals surface area contributed by atoms with Crippen LogP contribution in [0, 0.1) is 0 Å². The van der Waals surface area contributed by atoms with E-state index in [1.165, 1.54) is 18.4 Å². The molecule has 1 atom stereocenters. The fraction of sp³-hybridized carbons (Fsp3) is 0.600. The second kappa shape index (κ2) is 6.70. The Kier molecular flexibility index (Phi) is 5.74. The topological polar surface area (TPSA) is 66.4 Å². The van der Waals surface area contributed by atoms with Gasteiger partial charge >= 0.3 is 0 Å². The fourth-order valence-electron chi connectivity index (χ4n) is 2.14. The van der Waals surface area contributed by atoms with Gasteiger partial charge in [0.2, 0.25) is 0 Å². The van der Waals surface area contributed by atoms with Crippen LogP contribution in [0.1, 0.15) is 45.3 Å². The molecule has 20 heavy (non-hydrogen) atoms. The first kappa shape index (κ1) is 17.1. The number of nitrogens with one attached hydrogen (secondary N) is 1. The van der Waals surface area contributed by atoms with Gasteiger partial charge in [-0.2, -0.15) is 0 Å². The normalized spacial score (nSPS) is 14.2. The molecule has 4 nitrogen and oxygen atoms in total. The van der Waals surface area contributed by atoms with Crippen molar-refractivity contribution in [3.8, 4) is 0 Å². The molecule has 5 heteroatoms. The highest BCUT2D eigenvalue weighted by Crippen LogP contribution is 2.18. The molecule has 1 aromatic rings. The average Bonchev–Trinajstić information content (AvgIpc) is 2.35. The van der Waals surface area contributed by atoms with E-state index >= 15 is 0 Å². The number of β-amino-alcohol motifs (C(OH)–C–C–N with tert-alkyl or cyclic N) is 1. The number of aliphatic hydroxyl groups excluding tert-OH is 1. The number of sulfone groups is 1. The summed E-state index contributed by atoms with van der Waals surface area (Å²) in [6, 6.07) is 6.39. The molecule has 0 aliphatic heterocycles. The van der Waals surface area contributed by atoms with Gasteiger partial charge in [-0.15, -0.1) is 0 Å². The molecule has 0 saturated heterocycles. The van der Waals surface area contributed by atoms with Gasteiger partial charge in [0.1, 0.15) is 0 Å². The van der Waals surface area contributed by atoms with Crippen molar-refractivity contribution in [3.05, 3.63) is 29.8 Å². The van der Waals surface area contributed by atoms with Gasteiger partial charge in [0.15, 0.2) is 9.84 Å². The lowest BCUT2D eigenvalue weighted by molar-refractivity contribution is 0.159. The molecule has 0 radical (unpaired) electrons. The summed E-state index contributed by atoms with van der Waals surface area (Å²) in [6.07, 6.45) is 2.65. The van der Waals surface area contributed by atoms with E-state index in [2.05, 4.69) is 26.1 Å². The second-order valence-electron chi connectivity index (χ2n) is 5.87. The van der Waals surface area contributed by atoms with Crippen LogP contribution in [-0.4, -0.2) is 31.9 Å². The molecule has 0 amide bonds. The Morgan fingerprint density at radius 1 is 1.25 bits per heavy atom. The highest BCUT2D eigenvalue weighted by atomic mass is 32.2. The molecule has 0 fully saturated rings. The van der Waals surface area contributed by atoms with Gasteiger partial charge < -0.3 is 10.4 Å². The molecular weight excluding hydrogens is 274 g/mol. The predicted molar refractivity (Wildman–Crippen MR) is 81.5 cm³/mol. The Morgan fingerprint density at radius 3 is 2.25 bits per heavy atom. The molecule has 114 valence electrons. The molecule has 0 heterocycles. The van der Waals surface area contributed by atoms with Gasteiger partial charge in [-0.3, -0.25) is 0 Å². The van der Waals surface area contributed by atoms with Crippen molar-refractivity contribution in [3.63, 3.8) is 0 Å². The van der Waals surface area contributed by atoms with Crippen LogP contribution in [0.4, 0.5) is 0 Å². The van der Waals surface area contributed by atoms with Crippen molar-refractivity contribution in [2.75, 3.05) is 12.8 Å². The van der Waals surface area contributed by atoms with Crippen molar-refractivity contribution < 1.29 is 13.5 Å². The van der Waals surface area contributed by atoms with E-state index in [4.69, 9.17) is 0 Å². The number of benzene rings is 1. The van der Waals surface area contributed by atoms with Gasteiger partial charge in [0.25, 0.3) is 0 Å². The zero-order valence-electron chi connectivity index (χ0n) is 12.7. The van der Waals surface area contributed by atoms with Crippen LogP contribution >= 0.6 is 0 Å². The Balaban J connectivity index is 2.67. The highest BCUT2D eigenvalue weighted by molar-refractivity contribution is 7.90. The Bertz CT molecular complexity index is 521. The van der Waals surface area contributed by atoms with E-state index in [0.717, 1.165) is 18.4 Å². The smallest absolute Gasteiger partial charge is 0.175 e. The van der Waals surface area contributed by atoms with Crippen molar-refractivity contribution in [1.29, 1.82) is 0 Å². The third kappa shape index (κ3) is 5.23. The van der Waals surface area contributed by atoms with Crippen LogP contribution < -0.4 is 5.32 Å². The van der Waals surface area contributed by atoms with Gasteiger partial charge in [-0.25, -0.2) is 8.42 Å². The summed E-state index contributed by atoms with van der Waals surface area (Å²) in [5, 5.41) is 13.5. The van der Waals surface area contributed by atoms with Crippen molar-refractivity contribution >= 4 is 9.84 Å². The Labute approximate surface area is 122 Å². The third-order valence-corrected chi connectivity index (χ3v) is 4.47. The number of aliphatic hydroxyl groups is 1. The second-order valence-corrected chi connectivity index (χ2v) is 7.89. The standard InChI is InChI=1S/C15H25NO3S/c1-5-10-15(2,3)16-11-14(17)12-6-8-13(9-7-12)20(4,18)19/h6-9,14,16-17H,5,10-11H2,1-4H3. The number of hydrogen-bond donors (Lipinski definition) is 2. The van der Waals surface area contributed by atoms with Crippen molar-refractivity contribution in [2.45, 2.75) is 50.2 Å². The van der Waals surface area contributed by atoms with Gasteiger partial charge in [-0.1, -0.05) is 25.5 Å². The minimum atomic E-state index is -3.19. The van der Waals surface area contributed by atoms with Gasteiger partial charge in [-0.05, 0) is 38.0 Å². The summed E-state index contributed by atoms with van der Waals surface area (Å²) in [6.45, 7) is 6.79. The zero-order chi connectivity index (χ0) is 15.4. The van der Waals surface area contributed by atoms with Crippen molar-refractivity contribution in [1.82, 2.24) is 5.32 Å². The molecule has 1 rings (SSSR count). The van der Waals surface area contributed by atoms with E-state index in [9.17, 15) is 13.5 Å². The fourth-order valence-corrected chi connectivity index (χ4v) is 2.77. The Hall–Kier alpha value is -0.910. The maximum Gasteiger partial charge on any atom is 0.175 e. The summed E-state index contributed by atoms with van der Waals surface area (Å²) in [7, 11) is -3.19. The van der Waals surface area contributed by atoms with Crippen LogP contribution in [0.25, 0.3) is 0 Å². The lowest BCUT2D eigenvalue weighted by atomic mass is 9.98. The average molecular weight is 299 g/mol. The van der Waals surface area contributed by atoms with E-state index in [1.54, 1.807) is 12.1 Å². The number of rotatable bonds is 7. The molecule has 0 aromatic heterocycles. The van der Waals surface area contributed by atoms with Crippen LogP contribution in [0.15, 0.2) is 29.2 Å². The molecule has 2 N–H and O–H groups in total. The summed E-state index contributed by atoms with van der Waals surface area (Å²) in [5.74, 6) is 0. The van der Waals surface area contributed by atoms with E-state index in [1.807, 2.05) is 0 Å². The first-order valence-corrected chi connectivity index (χ1v) is 8.78. The SMILES string of the molecule is CCCC(C)(C)NCC(O)c1ccc(S(C)(=O)=O)cc1. The lowest BCUT2D eigenvalue weighted by Gasteiger charge is -2.27. The molecule has 0 bridgehead atoms. The minimum absolute atomic E-state index is 0.0115. The zero-order valence-corrected chi connectivity index (χ0v) is 13.5. The predicted octanol–water partition coefficient (Wildman–Crippen LogP) is 2.29. The molecule has 1 unspecified atom stereocenters. The maximum atomic E-state index is 11.4. The molecule has 0 aliphatic carbocycles. The first-order chi connectivity index (χ1) is 9.15. The van der Waals surface area contributed by atoms with Crippen LogP contribution in [-0.2, 0) is 9.84 Å². The molecule has 0 aliphatic rings. The Morgan fingerprint density at radius 2 is 1.80 bits per heavy atom. The monoisotopic (exact) mass is 299 g/mol. The van der Waals surface area contributed by atoms with Gasteiger partial charge in [0.05, 0.1) is 11.0 Å². The molecular formula is C15H25NO3S. The summed E-state index contributed by atoms with van der Waals surface area (Å²) < 4.78 is 22.7. The van der Waals surface area contributed by atoms with Crippen LogP contribution in [0.2, 0.25) is 0 Å². The molecule has 1 aromatic carbocycles. The molecule has 0 spiro atoms. The summed E-state index contributed by atoms with van der Waals surface area (Å²) in [5.41, 5.74) is 0.708. The van der Waals surface area contributed by atoms with E-state index in [-0.39, 0.29) is 10.4 Å². The third-order valence-electron chi connectivity index (χ3n) is 3.34. The highest BCUT2D eigenvalue weighted by Gasteiger charge is 2.18. The van der Waals surface area contributed by atoms with E-state index < -0.39 is 15.9 Å². The van der Waals surface area contributed by atoms with Crippen molar-refractivity contribution in [2.24, 2.45) is 0 Å².